The standard InChI is InChI=1S/C26H27F3N4O5/c1-3-7-20(24(36)31-16(10-14-22(30)34)11-15-23(35)38-4-2)33-25(37)21-13-12-19(32-21)17-8-5-6-9-18(17)26(27,28)29/h1,5-6,8-9,11-13,15-16,20,32H,4,7,10,14H2,2H3,(H2,30,34)(H,31,36)(H,33,37)/b15-11+/t16-,20-/m0/s1. The number of primary amides is 1. The number of carbonyl (C=O) groups excluding carboxylic acids is 4. The fourth-order valence-corrected chi connectivity index (χ4v) is 3.40. The maximum atomic E-state index is 13.4. The van der Waals surface area contributed by atoms with Crippen LogP contribution in [-0.2, 0) is 25.3 Å². The Labute approximate surface area is 217 Å². The van der Waals surface area contributed by atoms with Gasteiger partial charge in [-0.1, -0.05) is 24.3 Å². The molecule has 0 spiro atoms. The van der Waals surface area contributed by atoms with E-state index in [1.807, 2.05) is 0 Å². The van der Waals surface area contributed by atoms with Crippen LogP contribution in [0.2, 0.25) is 0 Å². The number of rotatable bonds is 12. The van der Waals surface area contributed by atoms with Crippen LogP contribution in [0, 0.1) is 12.3 Å². The lowest BCUT2D eigenvalue weighted by molar-refractivity contribution is -0.138. The predicted molar refractivity (Wildman–Crippen MR) is 132 cm³/mol. The smallest absolute Gasteiger partial charge is 0.417 e. The van der Waals surface area contributed by atoms with Crippen LogP contribution in [0.4, 0.5) is 13.2 Å². The molecule has 0 radical (unpaired) electrons. The summed E-state index contributed by atoms with van der Waals surface area (Å²) in [6.45, 7) is 1.76. The van der Waals surface area contributed by atoms with E-state index in [1.54, 1.807) is 6.92 Å². The number of aromatic amines is 1. The molecule has 1 aromatic carbocycles. The van der Waals surface area contributed by atoms with Gasteiger partial charge in [-0.3, -0.25) is 14.4 Å². The first kappa shape index (κ1) is 29.7. The van der Waals surface area contributed by atoms with Crippen molar-refractivity contribution in [3.8, 4) is 23.6 Å². The maximum absolute atomic E-state index is 13.4. The van der Waals surface area contributed by atoms with E-state index in [-0.39, 0.29) is 42.8 Å². The first-order valence-corrected chi connectivity index (χ1v) is 11.5. The van der Waals surface area contributed by atoms with Crippen LogP contribution < -0.4 is 16.4 Å². The number of alkyl halides is 3. The van der Waals surface area contributed by atoms with Gasteiger partial charge in [0.15, 0.2) is 0 Å². The van der Waals surface area contributed by atoms with E-state index >= 15 is 0 Å². The van der Waals surface area contributed by atoms with Crippen molar-refractivity contribution >= 4 is 23.7 Å². The van der Waals surface area contributed by atoms with Gasteiger partial charge in [0.1, 0.15) is 11.7 Å². The van der Waals surface area contributed by atoms with Crippen molar-refractivity contribution in [1.82, 2.24) is 15.6 Å². The second kappa shape index (κ2) is 13.7. The lowest BCUT2D eigenvalue weighted by Crippen LogP contribution is -2.49. The number of ether oxygens (including phenoxy) is 1. The highest BCUT2D eigenvalue weighted by Gasteiger charge is 2.33. The van der Waals surface area contributed by atoms with E-state index < -0.39 is 47.5 Å². The van der Waals surface area contributed by atoms with Gasteiger partial charge < -0.3 is 26.1 Å². The van der Waals surface area contributed by atoms with Gasteiger partial charge in [-0.25, -0.2) is 4.79 Å². The van der Waals surface area contributed by atoms with Crippen LogP contribution in [0.5, 0.6) is 0 Å². The Hall–Kier alpha value is -4.53. The summed E-state index contributed by atoms with van der Waals surface area (Å²) in [5.41, 5.74) is 4.10. The van der Waals surface area contributed by atoms with Gasteiger partial charge in [0.25, 0.3) is 5.91 Å². The molecule has 0 bridgehead atoms. The van der Waals surface area contributed by atoms with Crippen molar-refractivity contribution in [3.05, 3.63) is 59.8 Å². The summed E-state index contributed by atoms with van der Waals surface area (Å²) in [6, 6.07) is 5.43. The third-order valence-electron chi connectivity index (χ3n) is 5.18. The van der Waals surface area contributed by atoms with E-state index in [0.717, 1.165) is 12.1 Å². The molecule has 2 rings (SSSR count). The molecule has 1 aromatic heterocycles. The van der Waals surface area contributed by atoms with Crippen LogP contribution in [-0.4, -0.2) is 47.4 Å². The van der Waals surface area contributed by atoms with E-state index in [0.29, 0.717) is 0 Å². The zero-order valence-electron chi connectivity index (χ0n) is 20.4. The Balaban J connectivity index is 2.18. The molecule has 0 saturated heterocycles. The SMILES string of the molecule is C#CC[C@H](NC(=O)c1ccc(-c2ccccc2C(F)(F)F)[nH]1)C(=O)N[C@H](/C=C/C(=O)OCC)CCC(N)=O. The Morgan fingerprint density at radius 1 is 1.16 bits per heavy atom. The van der Waals surface area contributed by atoms with Gasteiger partial charge in [0.05, 0.1) is 12.2 Å². The maximum Gasteiger partial charge on any atom is 0.417 e. The summed E-state index contributed by atoms with van der Waals surface area (Å²) in [5, 5.41) is 5.02. The molecule has 1 heterocycles. The largest absolute Gasteiger partial charge is 0.463 e. The zero-order chi connectivity index (χ0) is 28.3. The minimum absolute atomic E-state index is 0.0524. The Kier molecular flexibility index (Phi) is 10.7. The van der Waals surface area contributed by atoms with Crippen molar-refractivity contribution in [2.45, 2.75) is 44.4 Å². The summed E-state index contributed by atoms with van der Waals surface area (Å²) in [5.74, 6) is -0.512. The quantitative estimate of drug-likeness (QED) is 0.189. The van der Waals surface area contributed by atoms with Crippen molar-refractivity contribution in [3.63, 3.8) is 0 Å². The molecule has 0 aliphatic rings. The molecule has 38 heavy (non-hydrogen) atoms. The fraction of sp³-hybridized carbons (Fsp3) is 0.308. The number of hydrogen-bond donors (Lipinski definition) is 4. The summed E-state index contributed by atoms with van der Waals surface area (Å²) in [7, 11) is 0. The first-order chi connectivity index (χ1) is 18.0. The van der Waals surface area contributed by atoms with Crippen molar-refractivity contribution in [2.24, 2.45) is 5.73 Å². The van der Waals surface area contributed by atoms with Gasteiger partial charge in [0.2, 0.25) is 11.8 Å². The summed E-state index contributed by atoms with van der Waals surface area (Å²) in [4.78, 5) is 51.1. The molecule has 9 nitrogen and oxygen atoms in total. The van der Waals surface area contributed by atoms with Gasteiger partial charge in [-0.2, -0.15) is 13.2 Å². The van der Waals surface area contributed by atoms with E-state index in [2.05, 4.69) is 21.5 Å². The third kappa shape index (κ3) is 8.85. The highest BCUT2D eigenvalue weighted by Crippen LogP contribution is 2.36. The average molecular weight is 533 g/mol. The molecule has 3 amide bonds. The van der Waals surface area contributed by atoms with Gasteiger partial charge in [-0.15, -0.1) is 12.3 Å². The van der Waals surface area contributed by atoms with Crippen molar-refractivity contribution < 1.29 is 37.1 Å². The lowest BCUT2D eigenvalue weighted by Gasteiger charge is -2.20. The Morgan fingerprint density at radius 2 is 1.87 bits per heavy atom. The molecule has 5 N–H and O–H groups in total. The number of hydrogen-bond acceptors (Lipinski definition) is 5. The molecule has 2 atom stereocenters. The normalized spacial score (nSPS) is 12.8. The van der Waals surface area contributed by atoms with Crippen LogP contribution in [0.3, 0.4) is 0 Å². The molecule has 0 aliphatic heterocycles. The highest BCUT2D eigenvalue weighted by molar-refractivity contribution is 5.97. The number of terminal acetylenes is 1. The molecule has 12 heteroatoms. The molecule has 0 unspecified atom stereocenters. The third-order valence-corrected chi connectivity index (χ3v) is 5.18. The average Bonchev–Trinajstić information content (AvgIpc) is 3.35. The van der Waals surface area contributed by atoms with Crippen LogP contribution in [0.1, 0.15) is 42.2 Å². The fourth-order valence-electron chi connectivity index (χ4n) is 3.40. The van der Waals surface area contributed by atoms with Crippen molar-refractivity contribution in [1.29, 1.82) is 0 Å². The van der Waals surface area contributed by atoms with Gasteiger partial charge in [0, 0.05) is 36.2 Å². The Morgan fingerprint density at radius 3 is 2.50 bits per heavy atom. The first-order valence-electron chi connectivity index (χ1n) is 11.5. The Bertz CT molecular complexity index is 1230. The second-order valence-corrected chi connectivity index (χ2v) is 7.99. The molecular formula is C26H27F3N4O5. The number of benzene rings is 1. The second-order valence-electron chi connectivity index (χ2n) is 7.99. The lowest BCUT2D eigenvalue weighted by atomic mass is 10.0. The number of nitrogens with one attached hydrogen (secondary N) is 3. The van der Waals surface area contributed by atoms with E-state index in [9.17, 15) is 32.3 Å². The predicted octanol–water partition coefficient (Wildman–Crippen LogP) is 2.69. The zero-order valence-corrected chi connectivity index (χ0v) is 20.4. The monoisotopic (exact) mass is 532 g/mol. The summed E-state index contributed by atoms with van der Waals surface area (Å²) < 4.78 is 44.9. The van der Waals surface area contributed by atoms with Crippen LogP contribution in [0.25, 0.3) is 11.3 Å². The molecule has 0 aliphatic carbocycles. The highest BCUT2D eigenvalue weighted by atomic mass is 19.4. The summed E-state index contributed by atoms with van der Waals surface area (Å²) >= 11 is 0. The van der Waals surface area contributed by atoms with Gasteiger partial charge >= 0.3 is 12.1 Å². The molecular weight excluding hydrogens is 505 g/mol. The summed E-state index contributed by atoms with van der Waals surface area (Å²) in [6.07, 6.45) is 2.90. The molecule has 2 aromatic rings. The molecule has 0 saturated carbocycles. The van der Waals surface area contributed by atoms with Gasteiger partial charge in [-0.05, 0) is 31.5 Å². The van der Waals surface area contributed by atoms with Crippen LogP contribution >= 0.6 is 0 Å². The number of nitrogens with two attached hydrogens (primary N) is 1. The number of aromatic nitrogens is 1. The number of amides is 3. The van der Waals surface area contributed by atoms with E-state index in [1.165, 1.54) is 36.4 Å². The number of carbonyl (C=O) groups is 4. The van der Waals surface area contributed by atoms with Crippen molar-refractivity contribution in [2.75, 3.05) is 6.61 Å². The number of H-pyrrole nitrogens is 1. The van der Waals surface area contributed by atoms with Crippen LogP contribution in [0.15, 0.2) is 48.6 Å². The minimum Gasteiger partial charge on any atom is -0.463 e. The number of esters is 1. The molecule has 0 fully saturated rings. The number of halogens is 3. The topological polar surface area (TPSA) is 143 Å². The molecule has 202 valence electrons. The van der Waals surface area contributed by atoms with E-state index in [4.69, 9.17) is 16.9 Å². The minimum atomic E-state index is -4.60.